The fourth-order valence-corrected chi connectivity index (χ4v) is 14.4. The fourth-order valence-electron chi connectivity index (χ4n) is 14.4. The van der Waals surface area contributed by atoms with Crippen LogP contribution in [0.1, 0.15) is 91.2 Å². The van der Waals surface area contributed by atoms with Gasteiger partial charge in [0.05, 0.1) is 160 Å². The van der Waals surface area contributed by atoms with Gasteiger partial charge in [-0.1, -0.05) is 0 Å². The summed E-state index contributed by atoms with van der Waals surface area (Å²) in [7, 11) is 4.67. The van der Waals surface area contributed by atoms with E-state index in [-0.39, 0.29) is 178 Å². The first kappa shape index (κ1) is 114. The highest BCUT2D eigenvalue weighted by molar-refractivity contribution is 5.87. The van der Waals surface area contributed by atoms with E-state index >= 15 is 0 Å². The largest absolute Gasteiger partial charge is 0.493 e. The van der Waals surface area contributed by atoms with Crippen LogP contribution < -0.4 is 77.5 Å². The number of rotatable bonds is 66. The zero-order valence-corrected chi connectivity index (χ0v) is 76.7. The number of unbranched alkanes of at least 4 members (excludes halogenated alkanes) is 3. The molecule has 3 aliphatic heterocycles. The minimum atomic E-state index is -1.73. The van der Waals surface area contributed by atoms with Crippen LogP contribution in [0, 0.1) is 0 Å². The first-order valence-corrected chi connectivity index (χ1v) is 45.3. The third kappa shape index (κ3) is 38.7. The molecule has 18 atom stereocenters. The molecule has 6 amide bonds. The lowest BCUT2D eigenvalue weighted by molar-refractivity contribution is -0.236. The molecule has 3 aromatic rings. The molecule has 135 heavy (non-hydrogen) atoms. The predicted octanol–water partition coefficient (Wildman–Crippen LogP) is -5.50. The number of carbonyl (C=O) groups is 6. The summed E-state index contributed by atoms with van der Waals surface area (Å²) in [5.74, 6) is 0.516. The molecule has 0 aromatic heterocycles. The average Bonchev–Trinajstić information content (AvgIpc) is 1.65. The van der Waals surface area contributed by atoms with Crippen molar-refractivity contribution in [1.29, 1.82) is 0 Å². The number of amides is 6. The van der Waals surface area contributed by atoms with E-state index in [0.717, 1.165) is 33.4 Å². The lowest BCUT2D eigenvalue weighted by Crippen LogP contribution is -2.64. The Hall–Kier alpha value is -8.40. The van der Waals surface area contributed by atoms with Crippen molar-refractivity contribution in [1.82, 2.24) is 31.9 Å². The Morgan fingerprint density at radius 1 is 0.304 bits per heavy atom. The molecule has 0 radical (unpaired) electrons. The number of hydrogen-bond acceptors (Lipinski definition) is 42. The molecule has 0 spiro atoms. The molecule has 3 saturated heterocycles. The van der Waals surface area contributed by atoms with Crippen LogP contribution in [0.3, 0.4) is 0 Å². The van der Waals surface area contributed by atoms with Crippen molar-refractivity contribution >= 4 is 36.0 Å². The van der Waals surface area contributed by atoms with Crippen LogP contribution in [0.5, 0.6) is 34.5 Å². The summed E-state index contributed by atoms with van der Waals surface area (Å²) < 4.78 is 120. The fraction of sp³-hybridized carbons (Fsp3) is 0.724. The van der Waals surface area contributed by atoms with Crippen LogP contribution >= 0.6 is 0 Å². The van der Waals surface area contributed by atoms with Gasteiger partial charge >= 0.3 is 18.3 Å². The van der Waals surface area contributed by atoms with Gasteiger partial charge in [-0.3, -0.25) is 14.4 Å². The standard InChI is InChI=1S/C87H141N9O39/c1-115-61-43-52-40-56-47-65(128-35-29-122-23-17-119-20-26-125-32-38-131-86(113)92-59(11-5-8-14-89)80(110)95-83-77(107)74(104)71(101)68(50-98)134-83)63(117-3)45-54(56)42-57-48-66(129-36-30-123-24-18-120-21-27-126-33-39-132-87(114)93-60(12-6-9-15-90)81(111)96-84-78(108)75(105)72(102)69(51-99)135-84)62(116-2)44-53(57)41-55(52)46-64(61)127-34-28-121-22-16-118-19-25-124-31-37-130-85(112)91-58(10-4-7-13-88)79(109)94-82-76(106)73(103)70(100)67(49-97)133-82/h43-48,58-60,67-78,82-84,97-108H,4-42,49-51,88-90H2,1-3H3,(H,91,112)(H,92,113)(H,93,114)(H,94,109)(H,95,110)(H,96,111)/t58-,59-,60-,67+,68+,69+,70+,71+,72+,73-,74-,75-,76+,77+,78+,82+,83+,84+/m0/s1. The second-order valence-electron chi connectivity index (χ2n) is 31.5. The number of alkyl carbamates (subject to hydrolysis) is 3. The highest BCUT2D eigenvalue weighted by atomic mass is 16.6. The Kier molecular flexibility index (Phi) is 53.8. The molecule has 1 aliphatic carbocycles. The summed E-state index contributed by atoms with van der Waals surface area (Å²) in [5, 5.41) is 135. The normalized spacial score (nSPS) is 22.7. The van der Waals surface area contributed by atoms with Gasteiger partial charge < -0.3 is 210 Å². The van der Waals surface area contributed by atoms with Crippen molar-refractivity contribution in [3.8, 4) is 34.5 Å². The molecule has 48 heteroatoms. The van der Waals surface area contributed by atoms with Gasteiger partial charge in [-0.25, -0.2) is 14.4 Å². The van der Waals surface area contributed by atoms with Crippen LogP contribution in [0.2, 0.25) is 0 Å². The number of fused-ring (bicyclic) bond motifs is 3. The Labute approximate surface area is 782 Å². The molecule has 768 valence electrons. The van der Waals surface area contributed by atoms with Gasteiger partial charge in [0.25, 0.3) is 0 Å². The third-order valence-corrected chi connectivity index (χ3v) is 21.9. The van der Waals surface area contributed by atoms with Crippen LogP contribution in [-0.4, -0.2) is 427 Å². The van der Waals surface area contributed by atoms with Crippen molar-refractivity contribution < 1.29 is 190 Å². The minimum absolute atomic E-state index is 0.00108. The van der Waals surface area contributed by atoms with Gasteiger partial charge in [0.1, 0.15) is 131 Å². The molecular weight excluding hydrogens is 1790 g/mol. The van der Waals surface area contributed by atoms with Crippen LogP contribution in [0.15, 0.2) is 36.4 Å². The number of ether oxygens (including phenoxy) is 21. The number of aliphatic hydroxyl groups is 12. The number of aliphatic hydroxyl groups excluding tert-OH is 12. The van der Waals surface area contributed by atoms with Gasteiger partial charge in [0.15, 0.2) is 53.2 Å². The van der Waals surface area contributed by atoms with Gasteiger partial charge in [-0.05, 0) is 166 Å². The van der Waals surface area contributed by atoms with Gasteiger partial charge in [0, 0.05) is 0 Å². The molecule has 3 heterocycles. The molecule has 7 rings (SSSR count). The summed E-state index contributed by atoms with van der Waals surface area (Å²) in [4.78, 5) is 77.9. The summed E-state index contributed by atoms with van der Waals surface area (Å²) in [6.07, 6.45) is -21.6. The third-order valence-electron chi connectivity index (χ3n) is 21.9. The first-order valence-electron chi connectivity index (χ1n) is 45.3. The average molecular weight is 1940 g/mol. The van der Waals surface area contributed by atoms with Crippen molar-refractivity contribution in [2.75, 3.05) is 219 Å². The van der Waals surface area contributed by atoms with Gasteiger partial charge in [-0.15, -0.1) is 0 Å². The van der Waals surface area contributed by atoms with Crippen LogP contribution in [0.25, 0.3) is 0 Å². The topological polar surface area (TPSA) is 689 Å². The number of carbonyl (C=O) groups excluding carboxylic acids is 6. The number of hydrogen-bond donors (Lipinski definition) is 21. The Bertz CT molecular complexity index is 3520. The molecule has 4 aliphatic rings. The smallest absolute Gasteiger partial charge is 0.407 e. The van der Waals surface area contributed by atoms with Crippen molar-refractivity contribution in [3.63, 3.8) is 0 Å². The molecule has 24 N–H and O–H groups in total. The Balaban J connectivity index is 0.875. The number of benzene rings is 3. The van der Waals surface area contributed by atoms with E-state index in [1.54, 1.807) is 21.3 Å². The summed E-state index contributed by atoms with van der Waals surface area (Å²) in [6.45, 7) is 1.74. The van der Waals surface area contributed by atoms with Crippen LogP contribution in [0.4, 0.5) is 14.4 Å². The second-order valence-corrected chi connectivity index (χ2v) is 31.5. The summed E-state index contributed by atoms with van der Waals surface area (Å²) >= 11 is 0. The zero-order valence-electron chi connectivity index (χ0n) is 76.7. The lowest BCUT2D eigenvalue weighted by atomic mass is 9.94. The molecule has 0 bridgehead atoms. The van der Waals surface area contributed by atoms with Crippen molar-refractivity contribution in [2.24, 2.45) is 17.2 Å². The molecule has 0 saturated carbocycles. The van der Waals surface area contributed by atoms with Gasteiger partial charge in [0.2, 0.25) is 17.7 Å². The zero-order chi connectivity index (χ0) is 97.8. The maximum Gasteiger partial charge on any atom is 0.407 e. The lowest BCUT2D eigenvalue weighted by Gasteiger charge is -2.40. The van der Waals surface area contributed by atoms with E-state index in [1.807, 2.05) is 36.4 Å². The van der Waals surface area contributed by atoms with E-state index in [9.17, 15) is 90.0 Å². The van der Waals surface area contributed by atoms with E-state index in [1.165, 1.54) is 0 Å². The van der Waals surface area contributed by atoms with Crippen molar-refractivity contribution in [2.45, 2.75) is 187 Å². The molecule has 0 unspecified atom stereocenters. The SMILES string of the molecule is COc1cc2c(cc1OCCOCCOCCOCCOC(=O)N[C@@H](CCCCN)C(=O)N[C@@H]1O[C@H](CO)[C@@H](O)[C@H](O)[C@H]1O)Cc1cc(OC)c(OCCOCCOCCOCCOC(=O)N[C@@H](CCCCN)C(=O)N[C@@H]3O[C@H](CO)[C@@H](O)[C@H](O)[C@H]3O)cc1Cc1cc(OC)c(OCCOCCOCCOCCOC(=O)N[C@@H](CCCCN)C(=O)N[C@@H]3O[C@H](CO)[C@@H](O)[C@H](O)[C@H]3O)cc1C2. The molecular formula is C87H141N9O39. The minimum Gasteiger partial charge on any atom is -0.493 e. The second kappa shape index (κ2) is 64.0. The van der Waals surface area contributed by atoms with Crippen LogP contribution in [-0.2, 0) is 105 Å². The number of methoxy groups -OCH3 is 3. The molecule has 3 fully saturated rings. The monoisotopic (exact) mass is 1940 g/mol. The van der Waals surface area contributed by atoms with Crippen molar-refractivity contribution in [3.05, 3.63) is 69.8 Å². The predicted molar refractivity (Wildman–Crippen MR) is 471 cm³/mol. The summed E-state index contributed by atoms with van der Waals surface area (Å²) in [6, 6.07) is 8.25. The Morgan fingerprint density at radius 2 is 0.511 bits per heavy atom. The maximum absolute atomic E-state index is 13.2. The summed E-state index contributed by atoms with van der Waals surface area (Å²) in [5.41, 5.74) is 22.4. The van der Waals surface area contributed by atoms with E-state index in [0.29, 0.717) is 112 Å². The Morgan fingerprint density at radius 3 is 0.719 bits per heavy atom. The highest BCUT2D eigenvalue weighted by Crippen LogP contribution is 2.42. The van der Waals surface area contributed by atoms with E-state index in [2.05, 4.69) is 31.9 Å². The van der Waals surface area contributed by atoms with E-state index < -0.39 is 166 Å². The van der Waals surface area contributed by atoms with E-state index in [4.69, 9.17) is 117 Å². The first-order chi connectivity index (χ1) is 65.3. The maximum atomic E-state index is 13.2. The molecule has 3 aromatic carbocycles. The highest BCUT2D eigenvalue weighted by Gasteiger charge is 2.48. The van der Waals surface area contributed by atoms with Gasteiger partial charge in [-0.2, -0.15) is 0 Å². The molecule has 48 nitrogen and oxygen atoms in total. The number of nitrogens with one attached hydrogen (secondary N) is 6. The quantitative estimate of drug-likeness (QED) is 0.0145. The number of nitrogens with two attached hydrogens (primary N) is 3.